The fourth-order valence-corrected chi connectivity index (χ4v) is 2.31. The molecular weight excluding hydrogens is 201 g/mol. The monoisotopic (exact) mass is 219 g/mol. The molecule has 2 unspecified atom stereocenters. The Kier molecular flexibility index (Phi) is 3.91. The Morgan fingerprint density at radius 2 is 2.13 bits per heavy atom. The first-order chi connectivity index (χ1) is 7.31. The number of likely N-dealkylation sites (tertiary alicyclic amines) is 1. The van der Waals surface area contributed by atoms with Crippen molar-refractivity contribution in [1.29, 1.82) is 0 Å². The van der Waals surface area contributed by atoms with Gasteiger partial charge in [-0.2, -0.15) is 0 Å². The fraction of sp³-hybridized carbons (Fsp3) is 1.00. The Morgan fingerprint density at radius 3 is 2.80 bits per heavy atom. The van der Waals surface area contributed by atoms with Crippen LogP contribution in [0.3, 0.4) is 0 Å². The molecule has 2 aliphatic heterocycles. The standard InChI is InChI=1S/C10H18FNO3/c11-6-8(13)7-12-3-1-2-9(12)10-14-4-5-15-10/h8-10,13H,1-7H2. The molecule has 0 spiro atoms. The molecule has 0 amide bonds. The average Bonchev–Trinajstić information content (AvgIpc) is 2.86. The lowest BCUT2D eigenvalue weighted by Crippen LogP contribution is -2.43. The third-order valence-electron chi connectivity index (χ3n) is 3.00. The van der Waals surface area contributed by atoms with Gasteiger partial charge in [-0.25, -0.2) is 4.39 Å². The summed E-state index contributed by atoms with van der Waals surface area (Å²) in [5.74, 6) is 0. The summed E-state index contributed by atoms with van der Waals surface area (Å²) in [6.07, 6.45) is 1.00. The van der Waals surface area contributed by atoms with Gasteiger partial charge in [0.15, 0.2) is 6.29 Å². The number of rotatable bonds is 4. The van der Waals surface area contributed by atoms with E-state index in [1.165, 1.54) is 0 Å². The normalized spacial score (nSPS) is 31.2. The maximum Gasteiger partial charge on any atom is 0.173 e. The lowest BCUT2D eigenvalue weighted by atomic mass is 10.2. The summed E-state index contributed by atoms with van der Waals surface area (Å²) in [7, 11) is 0. The van der Waals surface area contributed by atoms with Gasteiger partial charge in [0.25, 0.3) is 0 Å². The van der Waals surface area contributed by atoms with Crippen LogP contribution in [0.15, 0.2) is 0 Å². The Labute approximate surface area is 89.0 Å². The molecular formula is C10H18FNO3. The minimum atomic E-state index is -0.882. The van der Waals surface area contributed by atoms with E-state index in [0.29, 0.717) is 19.8 Å². The Bertz CT molecular complexity index is 199. The third kappa shape index (κ3) is 2.66. The van der Waals surface area contributed by atoms with E-state index in [0.717, 1.165) is 19.4 Å². The highest BCUT2D eigenvalue weighted by molar-refractivity contribution is 4.84. The quantitative estimate of drug-likeness (QED) is 0.731. The van der Waals surface area contributed by atoms with E-state index in [4.69, 9.17) is 9.47 Å². The molecule has 0 aromatic carbocycles. The minimum absolute atomic E-state index is 0.181. The first kappa shape index (κ1) is 11.3. The van der Waals surface area contributed by atoms with E-state index in [9.17, 15) is 9.50 Å². The van der Waals surface area contributed by atoms with Gasteiger partial charge in [-0.15, -0.1) is 0 Å². The number of halogens is 1. The topological polar surface area (TPSA) is 41.9 Å². The van der Waals surface area contributed by atoms with Crippen LogP contribution < -0.4 is 0 Å². The molecule has 88 valence electrons. The summed E-state index contributed by atoms with van der Waals surface area (Å²) in [4.78, 5) is 2.07. The van der Waals surface area contributed by atoms with Gasteiger partial charge >= 0.3 is 0 Å². The number of hydrogen-bond acceptors (Lipinski definition) is 4. The van der Waals surface area contributed by atoms with Gasteiger partial charge in [0.2, 0.25) is 0 Å². The summed E-state index contributed by atoms with van der Waals surface area (Å²) in [5, 5.41) is 9.28. The molecule has 4 nitrogen and oxygen atoms in total. The summed E-state index contributed by atoms with van der Waals surface area (Å²) in [6, 6.07) is 0.189. The van der Waals surface area contributed by atoms with Crippen LogP contribution in [0.4, 0.5) is 4.39 Å². The fourth-order valence-electron chi connectivity index (χ4n) is 2.31. The second kappa shape index (κ2) is 5.21. The molecule has 0 bridgehead atoms. The minimum Gasteiger partial charge on any atom is -0.389 e. The van der Waals surface area contributed by atoms with Crippen LogP contribution in [-0.4, -0.2) is 61.4 Å². The molecule has 2 rings (SSSR count). The summed E-state index contributed by atoms with van der Waals surface area (Å²) in [5.41, 5.74) is 0. The SMILES string of the molecule is OC(CF)CN1CCCC1C1OCCO1. The molecule has 0 radical (unpaired) electrons. The number of alkyl halides is 1. The highest BCUT2D eigenvalue weighted by atomic mass is 19.1. The molecule has 5 heteroatoms. The third-order valence-corrected chi connectivity index (χ3v) is 3.00. The molecule has 0 aromatic rings. The van der Waals surface area contributed by atoms with Gasteiger partial charge in [0.05, 0.1) is 25.4 Å². The molecule has 2 atom stereocenters. The van der Waals surface area contributed by atoms with Crippen molar-refractivity contribution in [3.05, 3.63) is 0 Å². The van der Waals surface area contributed by atoms with E-state index in [1.54, 1.807) is 0 Å². The molecule has 1 N–H and O–H groups in total. The molecule has 0 aliphatic carbocycles. The molecule has 2 aliphatic rings. The second-order valence-corrected chi connectivity index (χ2v) is 4.12. The average molecular weight is 219 g/mol. The van der Waals surface area contributed by atoms with Crippen LogP contribution in [0, 0.1) is 0 Å². The van der Waals surface area contributed by atoms with Crippen molar-refractivity contribution in [2.45, 2.75) is 31.3 Å². The summed E-state index contributed by atoms with van der Waals surface area (Å²) >= 11 is 0. The van der Waals surface area contributed by atoms with Crippen molar-refractivity contribution >= 4 is 0 Å². The predicted octanol–water partition coefficient (Wildman–Crippen LogP) is 0.154. The second-order valence-electron chi connectivity index (χ2n) is 4.12. The lowest BCUT2D eigenvalue weighted by molar-refractivity contribution is -0.0947. The van der Waals surface area contributed by atoms with Crippen LogP contribution in [0.25, 0.3) is 0 Å². The number of nitrogens with zero attached hydrogens (tertiary/aromatic N) is 1. The molecule has 15 heavy (non-hydrogen) atoms. The van der Waals surface area contributed by atoms with E-state index < -0.39 is 12.8 Å². The number of hydrogen-bond donors (Lipinski definition) is 1. The van der Waals surface area contributed by atoms with Crippen molar-refractivity contribution in [2.24, 2.45) is 0 Å². The van der Waals surface area contributed by atoms with Gasteiger partial charge < -0.3 is 14.6 Å². The van der Waals surface area contributed by atoms with Gasteiger partial charge in [0.1, 0.15) is 6.67 Å². The zero-order valence-corrected chi connectivity index (χ0v) is 8.77. The summed E-state index contributed by atoms with van der Waals surface area (Å²) in [6.45, 7) is 1.87. The zero-order chi connectivity index (χ0) is 10.7. The maximum atomic E-state index is 12.2. The van der Waals surface area contributed by atoms with Gasteiger partial charge in [-0.1, -0.05) is 0 Å². The Morgan fingerprint density at radius 1 is 1.40 bits per heavy atom. The van der Waals surface area contributed by atoms with E-state index in [-0.39, 0.29) is 12.3 Å². The highest BCUT2D eigenvalue weighted by Crippen LogP contribution is 2.24. The molecule has 0 saturated carbocycles. The number of aliphatic hydroxyl groups is 1. The van der Waals surface area contributed by atoms with E-state index in [2.05, 4.69) is 4.90 Å². The lowest BCUT2D eigenvalue weighted by Gasteiger charge is -2.28. The van der Waals surface area contributed by atoms with Gasteiger partial charge in [-0.3, -0.25) is 4.90 Å². The predicted molar refractivity (Wildman–Crippen MR) is 52.3 cm³/mol. The van der Waals surface area contributed by atoms with E-state index in [1.807, 2.05) is 0 Å². The highest BCUT2D eigenvalue weighted by Gasteiger charge is 2.35. The van der Waals surface area contributed by atoms with Crippen molar-refractivity contribution in [3.8, 4) is 0 Å². The molecule has 0 aromatic heterocycles. The Hall–Kier alpha value is -0.230. The summed E-state index contributed by atoms with van der Waals surface area (Å²) < 4.78 is 23.1. The van der Waals surface area contributed by atoms with E-state index >= 15 is 0 Å². The van der Waals surface area contributed by atoms with Crippen LogP contribution in [0.1, 0.15) is 12.8 Å². The van der Waals surface area contributed by atoms with Crippen molar-refractivity contribution in [1.82, 2.24) is 4.90 Å². The van der Waals surface area contributed by atoms with Crippen molar-refractivity contribution < 1.29 is 19.0 Å². The number of aliphatic hydroxyl groups excluding tert-OH is 1. The van der Waals surface area contributed by atoms with Crippen LogP contribution >= 0.6 is 0 Å². The first-order valence-electron chi connectivity index (χ1n) is 5.52. The largest absolute Gasteiger partial charge is 0.389 e. The molecule has 2 saturated heterocycles. The molecule has 2 heterocycles. The maximum absolute atomic E-state index is 12.2. The molecule has 2 fully saturated rings. The Balaban J connectivity index is 1.86. The van der Waals surface area contributed by atoms with Crippen molar-refractivity contribution in [3.63, 3.8) is 0 Å². The van der Waals surface area contributed by atoms with Crippen LogP contribution in [0.2, 0.25) is 0 Å². The number of ether oxygens (including phenoxy) is 2. The van der Waals surface area contributed by atoms with Gasteiger partial charge in [0, 0.05) is 6.54 Å². The smallest absolute Gasteiger partial charge is 0.173 e. The first-order valence-corrected chi connectivity index (χ1v) is 5.52. The van der Waals surface area contributed by atoms with Gasteiger partial charge in [-0.05, 0) is 19.4 Å². The van der Waals surface area contributed by atoms with Crippen LogP contribution in [0.5, 0.6) is 0 Å². The van der Waals surface area contributed by atoms with Crippen LogP contribution in [-0.2, 0) is 9.47 Å². The number of β-amino-alcohol motifs (C(OH)–C–C–N with tert-alkyl or cyclic N) is 1. The van der Waals surface area contributed by atoms with Crippen molar-refractivity contribution in [2.75, 3.05) is 33.0 Å². The zero-order valence-electron chi connectivity index (χ0n) is 8.77.